The van der Waals surface area contributed by atoms with Crippen LogP contribution < -0.4 is 15.4 Å². The van der Waals surface area contributed by atoms with Crippen LogP contribution in [0.1, 0.15) is 5.56 Å². The van der Waals surface area contributed by atoms with Gasteiger partial charge in [0.2, 0.25) is 6.79 Å². The Bertz CT molecular complexity index is 369. The molecule has 0 amide bonds. The molecule has 2 rings (SSSR count). The lowest BCUT2D eigenvalue weighted by Crippen LogP contribution is -2.03. The molecule has 1 aliphatic heterocycles. The molecule has 0 unspecified atom stereocenters. The highest BCUT2D eigenvalue weighted by atomic mass is 19.1. The van der Waals surface area contributed by atoms with Crippen LogP contribution in [0.3, 0.4) is 0 Å². The molecule has 5 nitrogen and oxygen atoms in total. The van der Waals surface area contributed by atoms with Crippen molar-refractivity contribution in [2.45, 2.75) is 6.61 Å². The summed E-state index contributed by atoms with van der Waals surface area (Å²) in [5.41, 5.74) is 0.0556. The molecule has 1 aromatic carbocycles. The molecule has 6 heteroatoms. The van der Waals surface area contributed by atoms with Gasteiger partial charge in [-0.3, -0.25) is 4.84 Å². The average molecular weight is 201 g/mol. The predicted octanol–water partition coefficient (Wildman–Crippen LogP) is 0.650. The number of phenols is 1. The predicted molar refractivity (Wildman–Crippen MR) is 43.2 cm³/mol. The first kappa shape index (κ1) is 9.04. The van der Waals surface area contributed by atoms with Crippen LogP contribution in [0.4, 0.5) is 4.39 Å². The van der Waals surface area contributed by atoms with E-state index in [1.165, 1.54) is 0 Å². The highest BCUT2D eigenvalue weighted by Gasteiger charge is 2.24. The molecular formula is C8H8FNO4. The van der Waals surface area contributed by atoms with Gasteiger partial charge in [0.1, 0.15) is 0 Å². The van der Waals surface area contributed by atoms with E-state index in [2.05, 4.69) is 4.84 Å². The Balaban J connectivity index is 2.54. The maximum Gasteiger partial charge on any atom is 0.231 e. The van der Waals surface area contributed by atoms with E-state index in [0.717, 1.165) is 6.07 Å². The fourth-order valence-corrected chi connectivity index (χ4v) is 1.29. The van der Waals surface area contributed by atoms with Gasteiger partial charge in [0.05, 0.1) is 12.2 Å². The highest BCUT2D eigenvalue weighted by molar-refractivity contribution is 5.53. The third kappa shape index (κ3) is 1.24. The molecule has 0 atom stereocenters. The van der Waals surface area contributed by atoms with Gasteiger partial charge in [-0.2, -0.15) is 0 Å². The van der Waals surface area contributed by atoms with E-state index in [0.29, 0.717) is 0 Å². The first-order chi connectivity index (χ1) is 6.74. The second-order valence-corrected chi connectivity index (χ2v) is 2.73. The van der Waals surface area contributed by atoms with Crippen LogP contribution in [0, 0.1) is 5.82 Å². The van der Waals surface area contributed by atoms with Gasteiger partial charge in [-0.1, -0.05) is 0 Å². The Labute approximate surface area is 78.7 Å². The number of hydrogen-bond donors (Lipinski definition) is 2. The van der Waals surface area contributed by atoms with Crippen molar-refractivity contribution < 1.29 is 23.8 Å². The summed E-state index contributed by atoms with van der Waals surface area (Å²) in [6, 6.07) is 1.15. The van der Waals surface area contributed by atoms with Gasteiger partial charge >= 0.3 is 0 Å². The summed E-state index contributed by atoms with van der Waals surface area (Å²) in [7, 11) is 0. The number of fused-ring (bicyclic) bond motifs is 1. The lowest BCUT2D eigenvalue weighted by Gasteiger charge is -2.06. The van der Waals surface area contributed by atoms with Crippen LogP contribution in [0.2, 0.25) is 0 Å². The van der Waals surface area contributed by atoms with Crippen molar-refractivity contribution in [3.8, 4) is 17.2 Å². The van der Waals surface area contributed by atoms with Crippen LogP contribution in [0.25, 0.3) is 0 Å². The molecule has 0 radical (unpaired) electrons. The van der Waals surface area contributed by atoms with Crippen molar-refractivity contribution in [2.24, 2.45) is 5.90 Å². The van der Waals surface area contributed by atoms with E-state index < -0.39 is 11.6 Å². The minimum atomic E-state index is -0.806. The third-order valence-electron chi connectivity index (χ3n) is 1.90. The topological polar surface area (TPSA) is 73.9 Å². The molecule has 0 saturated heterocycles. The van der Waals surface area contributed by atoms with Gasteiger partial charge in [-0.15, -0.1) is 0 Å². The van der Waals surface area contributed by atoms with Crippen molar-refractivity contribution in [3.63, 3.8) is 0 Å². The highest BCUT2D eigenvalue weighted by Crippen LogP contribution is 2.41. The molecule has 14 heavy (non-hydrogen) atoms. The Kier molecular flexibility index (Phi) is 2.14. The number of hydrogen-bond acceptors (Lipinski definition) is 5. The molecule has 0 saturated carbocycles. The Morgan fingerprint density at radius 2 is 2.36 bits per heavy atom. The maximum atomic E-state index is 13.3. The van der Waals surface area contributed by atoms with E-state index in [4.69, 9.17) is 15.4 Å². The molecule has 76 valence electrons. The molecule has 0 spiro atoms. The van der Waals surface area contributed by atoms with E-state index in [1.807, 2.05) is 0 Å². The third-order valence-corrected chi connectivity index (χ3v) is 1.90. The van der Waals surface area contributed by atoms with Gasteiger partial charge in [0.25, 0.3) is 0 Å². The number of aromatic hydroxyl groups is 1. The van der Waals surface area contributed by atoms with E-state index >= 15 is 0 Å². The number of nitrogens with two attached hydrogens (primary N) is 1. The van der Waals surface area contributed by atoms with Crippen molar-refractivity contribution in [1.82, 2.24) is 0 Å². The van der Waals surface area contributed by atoms with E-state index in [9.17, 15) is 9.50 Å². The van der Waals surface area contributed by atoms with Gasteiger partial charge in [-0.05, 0) is 0 Å². The summed E-state index contributed by atoms with van der Waals surface area (Å²) in [5.74, 6) is 4.03. The zero-order valence-corrected chi connectivity index (χ0v) is 7.12. The number of halogens is 1. The quantitative estimate of drug-likeness (QED) is 0.687. The van der Waals surface area contributed by atoms with Crippen molar-refractivity contribution >= 4 is 0 Å². The fourth-order valence-electron chi connectivity index (χ4n) is 1.29. The summed E-state index contributed by atoms with van der Waals surface area (Å²) in [6.45, 7) is -0.193. The van der Waals surface area contributed by atoms with Gasteiger partial charge in [0.15, 0.2) is 23.1 Å². The molecule has 3 N–H and O–H groups in total. The molecule has 0 bridgehead atoms. The number of ether oxygens (including phenoxy) is 2. The molecular weight excluding hydrogens is 193 g/mol. The maximum absolute atomic E-state index is 13.3. The van der Waals surface area contributed by atoms with E-state index in [1.54, 1.807) is 0 Å². The summed E-state index contributed by atoms with van der Waals surface area (Å²) in [4.78, 5) is 4.30. The molecule has 0 aliphatic carbocycles. The number of benzene rings is 1. The molecule has 0 fully saturated rings. The molecule has 1 aromatic rings. The van der Waals surface area contributed by atoms with Crippen LogP contribution in [0.15, 0.2) is 6.07 Å². The first-order valence-corrected chi connectivity index (χ1v) is 3.85. The average Bonchev–Trinajstić information content (AvgIpc) is 2.60. The second-order valence-electron chi connectivity index (χ2n) is 2.73. The van der Waals surface area contributed by atoms with Crippen LogP contribution >= 0.6 is 0 Å². The smallest absolute Gasteiger partial charge is 0.231 e. The standard InChI is InChI=1S/C8H8FNO4/c9-7-4(2-14-10)8-6(1-5(7)11)12-3-13-8/h1,11H,2-3,10H2. The Morgan fingerprint density at radius 1 is 1.57 bits per heavy atom. The monoisotopic (exact) mass is 201 g/mol. The van der Waals surface area contributed by atoms with Crippen molar-refractivity contribution in [3.05, 3.63) is 17.4 Å². The minimum absolute atomic E-state index is 0.00417. The largest absolute Gasteiger partial charge is 0.505 e. The minimum Gasteiger partial charge on any atom is -0.505 e. The van der Waals surface area contributed by atoms with Crippen molar-refractivity contribution in [1.29, 1.82) is 0 Å². The summed E-state index contributed by atoms with van der Waals surface area (Å²) >= 11 is 0. The zero-order chi connectivity index (χ0) is 10.1. The van der Waals surface area contributed by atoms with Crippen molar-refractivity contribution in [2.75, 3.05) is 6.79 Å². The lowest BCUT2D eigenvalue weighted by molar-refractivity contribution is 0.117. The molecule has 1 aliphatic rings. The fraction of sp³-hybridized carbons (Fsp3) is 0.250. The lowest BCUT2D eigenvalue weighted by atomic mass is 10.1. The van der Waals surface area contributed by atoms with Gasteiger partial charge < -0.3 is 14.6 Å². The summed E-state index contributed by atoms with van der Waals surface area (Å²) < 4.78 is 23.3. The molecule has 1 heterocycles. The van der Waals surface area contributed by atoms with Crippen LogP contribution in [-0.4, -0.2) is 11.9 Å². The Hall–Kier alpha value is -1.53. The Morgan fingerprint density at radius 3 is 3.07 bits per heavy atom. The number of phenolic OH excluding ortho intramolecular Hbond substituents is 1. The zero-order valence-electron chi connectivity index (χ0n) is 7.12. The first-order valence-electron chi connectivity index (χ1n) is 3.85. The van der Waals surface area contributed by atoms with E-state index in [-0.39, 0.29) is 30.5 Å². The summed E-state index contributed by atoms with van der Waals surface area (Å²) in [6.07, 6.45) is 0. The van der Waals surface area contributed by atoms with Crippen LogP contribution in [-0.2, 0) is 11.4 Å². The SMILES string of the molecule is NOCc1c(F)c(O)cc2c1OCO2. The molecule has 0 aromatic heterocycles. The van der Waals surface area contributed by atoms with Gasteiger partial charge in [0, 0.05) is 6.07 Å². The summed E-state index contributed by atoms with van der Waals surface area (Å²) in [5, 5.41) is 9.18. The second kappa shape index (κ2) is 3.32. The normalized spacial score (nSPS) is 13.3. The number of rotatable bonds is 2. The van der Waals surface area contributed by atoms with Crippen LogP contribution in [0.5, 0.6) is 17.2 Å². The van der Waals surface area contributed by atoms with Gasteiger partial charge in [-0.25, -0.2) is 10.3 Å².